The molecule has 3 unspecified atom stereocenters. The number of oxime groups is 1. The quantitative estimate of drug-likeness (QED) is 0.139. The lowest BCUT2D eigenvalue weighted by Gasteiger charge is -2.51. The second kappa shape index (κ2) is 9.67. The molecule has 0 heterocycles. The molecule has 3 fully saturated rings. The predicted octanol–water partition coefficient (Wildman–Crippen LogP) is 5.62. The highest BCUT2D eigenvalue weighted by Crippen LogP contribution is 2.62. The highest BCUT2D eigenvalue weighted by atomic mass is 19.1. The van der Waals surface area contributed by atoms with Gasteiger partial charge in [-0.25, -0.2) is 0 Å². The number of carbonyl (C=O) groups is 1. The Bertz CT molecular complexity index is 1090. The average Bonchev–Trinajstić information content (AvgIpc) is 2.94. The lowest BCUT2D eigenvalue weighted by Crippen LogP contribution is -2.45. The van der Waals surface area contributed by atoms with Gasteiger partial charge in [0.1, 0.15) is 5.84 Å². The number of nitrogens with one attached hydrogen (secondary N) is 3. The summed E-state index contributed by atoms with van der Waals surface area (Å²) in [6.07, 6.45) is 13.4. The highest BCUT2D eigenvalue weighted by molar-refractivity contribution is 6.05. The number of hydrogen-bond donors (Lipinski definition) is 4. The summed E-state index contributed by atoms with van der Waals surface area (Å²) in [4.78, 5) is 12.5. The van der Waals surface area contributed by atoms with Crippen LogP contribution in [0.2, 0.25) is 0 Å². The molecule has 4 aliphatic rings. The van der Waals surface area contributed by atoms with Crippen molar-refractivity contribution in [1.82, 2.24) is 5.32 Å². The number of carbonyl (C=O) groups excluding carboxylic acids is 1. The Morgan fingerprint density at radius 3 is 2.91 bits per heavy atom. The first kappa shape index (κ1) is 24.1. The van der Waals surface area contributed by atoms with Crippen molar-refractivity contribution in [1.29, 1.82) is 10.8 Å². The second-order valence-corrected chi connectivity index (χ2v) is 10.3. The van der Waals surface area contributed by atoms with Crippen LogP contribution in [0.15, 0.2) is 58.2 Å². The highest BCUT2D eigenvalue weighted by Gasteiger charge is 2.58. The molecule has 6 nitrogen and oxygen atoms in total. The molecule has 0 bridgehead atoms. The fourth-order valence-electron chi connectivity index (χ4n) is 6.82. The molecule has 180 valence electrons. The molecule has 0 saturated heterocycles. The Hall–Kier alpha value is -3.05. The summed E-state index contributed by atoms with van der Waals surface area (Å²) >= 11 is 0. The third kappa shape index (κ3) is 4.62. The van der Waals surface area contributed by atoms with Gasteiger partial charge in [-0.15, -0.1) is 0 Å². The number of halogens is 1. The van der Waals surface area contributed by atoms with Crippen molar-refractivity contribution in [3.8, 4) is 0 Å². The molecule has 0 spiro atoms. The molecule has 0 radical (unpaired) electrons. The van der Waals surface area contributed by atoms with Crippen LogP contribution in [-0.4, -0.2) is 28.4 Å². The summed E-state index contributed by atoms with van der Waals surface area (Å²) in [6, 6.07) is 0. The van der Waals surface area contributed by atoms with E-state index in [0.29, 0.717) is 30.4 Å². The van der Waals surface area contributed by atoms with Crippen LogP contribution < -0.4 is 5.32 Å². The van der Waals surface area contributed by atoms with Gasteiger partial charge in [0.2, 0.25) is 5.91 Å². The molecule has 7 heteroatoms. The summed E-state index contributed by atoms with van der Waals surface area (Å²) in [7, 11) is 0. The fraction of sp³-hybridized carbons (Fsp3) is 0.519. The summed E-state index contributed by atoms with van der Waals surface area (Å²) in [5.41, 5.74) is 6.06. The van der Waals surface area contributed by atoms with Gasteiger partial charge in [-0.2, -0.15) is 4.39 Å². The maximum absolute atomic E-state index is 14.0. The Balaban J connectivity index is 1.52. The minimum atomic E-state index is -0.323. The van der Waals surface area contributed by atoms with E-state index in [1.807, 2.05) is 6.08 Å². The molecular weight excluding hydrogens is 431 g/mol. The van der Waals surface area contributed by atoms with Gasteiger partial charge in [-0.05, 0) is 92.9 Å². The second-order valence-electron chi connectivity index (χ2n) is 10.3. The maximum atomic E-state index is 14.0. The molecule has 0 aromatic carbocycles. The Morgan fingerprint density at radius 2 is 2.18 bits per heavy atom. The van der Waals surface area contributed by atoms with E-state index < -0.39 is 0 Å². The van der Waals surface area contributed by atoms with E-state index in [2.05, 4.69) is 23.1 Å². The Kier molecular flexibility index (Phi) is 6.85. The van der Waals surface area contributed by atoms with Crippen LogP contribution in [0.3, 0.4) is 0 Å². The minimum Gasteiger partial charge on any atom is -0.411 e. The van der Waals surface area contributed by atoms with Gasteiger partial charge in [-0.3, -0.25) is 10.2 Å². The standard InChI is InChI=1S/C27H33FN4O2/c1-16(29)6-10-24(30)31-25(33)11-8-18-15-23(32-34)27(2)13-12-21-20-5-3-4-19(28)14-17(20)7-9-22(21)26(18)27/h3-6,10,18,21-22,26,29,34H,7-9,11-13,15H2,1-2H3,(H2,30,31,33)/b10-6-,29-16?,32-23+/t18-,21?,22?,26?,27-/m1/s1. The van der Waals surface area contributed by atoms with E-state index in [9.17, 15) is 14.4 Å². The molecule has 34 heavy (non-hydrogen) atoms. The van der Waals surface area contributed by atoms with Crippen LogP contribution in [0.25, 0.3) is 0 Å². The fourth-order valence-corrected chi connectivity index (χ4v) is 6.82. The third-order valence-electron chi connectivity index (χ3n) is 8.21. The molecule has 0 aliphatic heterocycles. The SMILES string of the molecule is CC(=N)/C=C\C(=N)NC(=O)CC[C@@H]1C/C(=N\O)[C@@]2(C)CCC3C4=CC=CC(F)=C=C4CCC3C12. The summed E-state index contributed by atoms with van der Waals surface area (Å²) in [6.45, 7) is 3.81. The zero-order valence-electron chi connectivity index (χ0n) is 19.8. The molecular formula is C27H33FN4O2. The average molecular weight is 465 g/mol. The van der Waals surface area contributed by atoms with Gasteiger partial charge in [-0.1, -0.05) is 30.0 Å². The number of amidine groups is 1. The van der Waals surface area contributed by atoms with Crippen molar-refractivity contribution in [3.05, 3.63) is 53.1 Å². The van der Waals surface area contributed by atoms with E-state index in [-0.39, 0.29) is 41.2 Å². The summed E-state index contributed by atoms with van der Waals surface area (Å²) < 4.78 is 14.0. The lowest BCUT2D eigenvalue weighted by atomic mass is 9.53. The van der Waals surface area contributed by atoms with E-state index in [1.165, 1.54) is 23.8 Å². The van der Waals surface area contributed by atoms with E-state index in [0.717, 1.165) is 37.0 Å². The van der Waals surface area contributed by atoms with Crippen molar-refractivity contribution in [2.24, 2.45) is 34.2 Å². The van der Waals surface area contributed by atoms with Crippen LogP contribution in [0.5, 0.6) is 0 Å². The number of fused-ring (bicyclic) bond motifs is 5. The van der Waals surface area contributed by atoms with Crippen LogP contribution in [0.4, 0.5) is 4.39 Å². The molecule has 0 aromatic rings. The molecule has 5 atom stereocenters. The lowest BCUT2D eigenvalue weighted by molar-refractivity contribution is -0.120. The van der Waals surface area contributed by atoms with Crippen molar-refractivity contribution in [3.63, 3.8) is 0 Å². The van der Waals surface area contributed by atoms with Crippen molar-refractivity contribution >= 4 is 23.2 Å². The topological polar surface area (TPSA) is 109 Å². The van der Waals surface area contributed by atoms with Gasteiger partial charge in [0.15, 0.2) is 5.83 Å². The third-order valence-corrected chi connectivity index (χ3v) is 8.21. The number of allylic oxidation sites excluding steroid dienone is 6. The number of amides is 1. The predicted molar refractivity (Wildman–Crippen MR) is 131 cm³/mol. The first-order chi connectivity index (χ1) is 16.2. The zero-order valence-corrected chi connectivity index (χ0v) is 19.8. The molecule has 1 amide bonds. The summed E-state index contributed by atoms with van der Waals surface area (Å²) in [5.74, 6) is 0.637. The van der Waals surface area contributed by atoms with E-state index >= 15 is 0 Å². The monoisotopic (exact) mass is 464 g/mol. The minimum absolute atomic E-state index is 0.0246. The van der Waals surface area contributed by atoms with Crippen LogP contribution >= 0.6 is 0 Å². The number of rotatable bonds is 5. The first-order valence-electron chi connectivity index (χ1n) is 12.1. The van der Waals surface area contributed by atoms with Gasteiger partial charge in [0.25, 0.3) is 0 Å². The van der Waals surface area contributed by atoms with Crippen molar-refractivity contribution in [2.75, 3.05) is 0 Å². The van der Waals surface area contributed by atoms with Crippen molar-refractivity contribution in [2.45, 2.75) is 58.8 Å². The molecule has 4 N–H and O–H groups in total. The molecule has 0 aromatic heterocycles. The number of nitrogens with zero attached hydrogens (tertiary/aromatic N) is 1. The Morgan fingerprint density at radius 1 is 1.38 bits per heavy atom. The zero-order chi connectivity index (χ0) is 24.5. The normalized spacial score (nSPS) is 33.3. The van der Waals surface area contributed by atoms with Crippen LogP contribution in [-0.2, 0) is 4.79 Å². The smallest absolute Gasteiger partial charge is 0.225 e. The van der Waals surface area contributed by atoms with Crippen molar-refractivity contribution < 1.29 is 14.4 Å². The van der Waals surface area contributed by atoms with E-state index in [4.69, 9.17) is 10.8 Å². The van der Waals surface area contributed by atoms with Gasteiger partial charge < -0.3 is 15.9 Å². The maximum Gasteiger partial charge on any atom is 0.225 e. The number of hydrogen-bond acceptors (Lipinski definition) is 5. The van der Waals surface area contributed by atoms with Gasteiger partial charge in [0.05, 0.1) is 5.71 Å². The molecule has 4 aliphatic carbocycles. The van der Waals surface area contributed by atoms with Gasteiger partial charge >= 0.3 is 0 Å². The van der Waals surface area contributed by atoms with Crippen LogP contribution in [0.1, 0.15) is 58.8 Å². The largest absolute Gasteiger partial charge is 0.411 e. The summed E-state index contributed by atoms with van der Waals surface area (Å²) in [5, 5.41) is 31.4. The first-order valence-corrected chi connectivity index (χ1v) is 12.1. The molecule has 3 saturated carbocycles. The molecule has 4 rings (SSSR count). The van der Waals surface area contributed by atoms with E-state index in [1.54, 1.807) is 13.0 Å². The van der Waals surface area contributed by atoms with Crippen LogP contribution in [0, 0.1) is 39.9 Å². The Labute approximate surface area is 200 Å². The van der Waals surface area contributed by atoms with Gasteiger partial charge in [0, 0.05) is 23.1 Å².